The van der Waals surface area contributed by atoms with Gasteiger partial charge in [0.25, 0.3) is 0 Å². The van der Waals surface area contributed by atoms with Crippen LogP contribution in [0.15, 0.2) is 30.3 Å². The molecule has 6 heteroatoms. The molecule has 3 rings (SSSR count). The van der Waals surface area contributed by atoms with E-state index in [-0.39, 0.29) is 11.8 Å². The molecule has 0 unspecified atom stereocenters. The number of hydrogen-bond acceptors (Lipinski definition) is 3. The summed E-state index contributed by atoms with van der Waals surface area (Å²) in [6.45, 7) is 6.25. The molecule has 138 valence electrons. The van der Waals surface area contributed by atoms with E-state index in [1.807, 2.05) is 27.8 Å². The number of hydrogen-bond donors (Lipinski definition) is 1. The van der Waals surface area contributed by atoms with Gasteiger partial charge in [0.15, 0.2) is 0 Å². The van der Waals surface area contributed by atoms with Crippen molar-refractivity contribution in [3.63, 3.8) is 0 Å². The van der Waals surface area contributed by atoms with Crippen LogP contribution in [0.2, 0.25) is 0 Å². The molecule has 1 N–H and O–H groups in total. The van der Waals surface area contributed by atoms with Gasteiger partial charge in [-0.3, -0.25) is 14.3 Å². The molecule has 6 nitrogen and oxygen atoms in total. The number of amides is 2. The minimum absolute atomic E-state index is 0.0295. The molecular formula is C20H26N4O2. The first-order chi connectivity index (χ1) is 12.5. The Morgan fingerprint density at radius 1 is 1.23 bits per heavy atom. The Labute approximate surface area is 154 Å². The lowest BCUT2D eigenvalue weighted by Gasteiger charge is -2.17. The predicted octanol–water partition coefficient (Wildman–Crippen LogP) is 2.19. The molecular weight excluding hydrogens is 328 g/mol. The maximum absolute atomic E-state index is 12.1. The molecule has 1 aliphatic heterocycles. The van der Waals surface area contributed by atoms with Crippen molar-refractivity contribution in [3.8, 4) is 0 Å². The van der Waals surface area contributed by atoms with Gasteiger partial charge in [0.05, 0.1) is 24.5 Å². The van der Waals surface area contributed by atoms with Gasteiger partial charge in [-0.1, -0.05) is 24.3 Å². The Bertz CT molecular complexity index is 797. The van der Waals surface area contributed by atoms with Crippen LogP contribution in [0, 0.1) is 6.92 Å². The van der Waals surface area contributed by atoms with Gasteiger partial charge in [-0.05, 0) is 37.0 Å². The van der Waals surface area contributed by atoms with E-state index in [0.717, 1.165) is 37.3 Å². The maximum Gasteiger partial charge on any atom is 0.220 e. The van der Waals surface area contributed by atoms with Gasteiger partial charge in [0.1, 0.15) is 0 Å². The number of fused-ring (bicyclic) bond motifs is 1. The molecule has 26 heavy (non-hydrogen) atoms. The van der Waals surface area contributed by atoms with E-state index in [4.69, 9.17) is 0 Å². The number of nitrogens with one attached hydrogen (secondary N) is 1. The summed E-state index contributed by atoms with van der Waals surface area (Å²) in [4.78, 5) is 25.6. The van der Waals surface area contributed by atoms with Crippen LogP contribution in [0.3, 0.4) is 0 Å². The standard InChI is InChI=1S/C20H26N4O2/c1-15-6-3-4-7-17(15)8-9-20(26)21-13-18-12-19-14-23(16(2)25)10-5-11-24(19)22-18/h3-4,6-7,12H,5,8-11,13-14H2,1-2H3,(H,21,26). The summed E-state index contributed by atoms with van der Waals surface area (Å²) >= 11 is 0. The highest BCUT2D eigenvalue weighted by molar-refractivity contribution is 5.76. The maximum atomic E-state index is 12.1. The fraction of sp³-hybridized carbons (Fsp3) is 0.450. The fourth-order valence-electron chi connectivity index (χ4n) is 3.29. The average Bonchev–Trinajstić information content (AvgIpc) is 2.89. The molecule has 0 radical (unpaired) electrons. The van der Waals surface area contributed by atoms with Crippen molar-refractivity contribution in [2.45, 2.75) is 52.7 Å². The molecule has 2 amide bonds. The van der Waals surface area contributed by atoms with Crippen LogP contribution in [-0.2, 0) is 35.6 Å². The topological polar surface area (TPSA) is 67.2 Å². The molecule has 1 aliphatic rings. The Morgan fingerprint density at radius 2 is 2.04 bits per heavy atom. The number of rotatable bonds is 5. The van der Waals surface area contributed by atoms with Crippen molar-refractivity contribution in [3.05, 3.63) is 52.8 Å². The number of carbonyl (C=O) groups is 2. The van der Waals surface area contributed by atoms with Gasteiger partial charge in [-0.15, -0.1) is 0 Å². The van der Waals surface area contributed by atoms with Crippen molar-refractivity contribution in [2.24, 2.45) is 0 Å². The van der Waals surface area contributed by atoms with E-state index in [9.17, 15) is 9.59 Å². The third-order valence-electron chi connectivity index (χ3n) is 4.86. The van der Waals surface area contributed by atoms with E-state index in [1.54, 1.807) is 6.92 Å². The third kappa shape index (κ3) is 4.50. The van der Waals surface area contributed by atoms with Crippen LogP contribution in [0.1, 0.15) is 42.3 Å². The Balaban J connectivity index is 1.52. The number of aromatic nitrogens is 2. The van der Waals surface area contributed by atoms with Crippen molar-refractivity contribution in [2.75, 3.05) is 6.54 Å². The summed E-state index contributed by atoms with van der Waals surface area (Å²) in [5.74, 6) is 0.118. The van der Waals surface area contributed by atoms with Gasteiger partial charge < -0.3 is 10.2 Å². The van der Waals surface area contributed by atoms with Crippen LogP contribution >= 0.6 is 0 Å². The fourth-order valence-corrected chi connectivity index (χ4v) is 3.29. The number of benzene rings is 1. The number of carbonyl (C=O) groups excluding carboxylic acids is 2. The summed E-state index contributed by atoms with van der Waals surface area (Å²) in [5, 5.41) is 7.52. The SMILES string of the molecule is CC(=O)N1CCCn2nc(CNC(=O)CCc3ccccc3C)cc2C1. The third-order valence-corrected chi connectivity index (χ3v) is 4.86. The van der Waals surface area contributed by atoms with Crippen molar-refractivity contribution in [1.82, 2.24) is 20.0 Å². The van der Waals surface area contributed by atoms with Crippen LogP contribution in [0.5, 0.6) is 0 Å². The normalized spacial score (nSPS) is 13.8. The van der Waals surface area contributed by atoms with Gasteiger partial charge in [0.2, 0.25) is 11.8 Å². The molecule has 0 aliphatic carbocycles. The zero-order valence-electron chi connectivity index (χ0n) is 15.5. The van der Waals surface area contributed by atoms with Crippen LogP contribution in [0.25, 0.3) is 0 Å². The summed E-state index contributed by atoms with van der Waals surface area (Å²) < 4.78 is 1.96. The Morgan fingerprint density at radius 3 is 2.81 bits per heavy atom. The molecule has 0 saturated carbocycles. The molecule has 2 heterocycles. The lowest BCUT2D eigenvalue weighted by molar-refractivity contribution is -0.129. The molecule has 1 aromatic carbocycles. The first-order valence-corrected chi connectivity index (χ1v) is 9.15. The summed E-state index contributed by atoms with van der Waals surface area (Å²) in [6.07, 6.45) is 2.11. The van der Waals surface area contributed by atoms with E-state index in [0.29, 0.717) is 19.5 Å². The summed E-state index contributed by atoms with van der Waals surface area (Å²) in [5.41, 5.74) is 4.30. The summed E-state index contributed by atoms with van der Waals surface area (Å²) in [7, 11) is 0. The molecule has 2 aromatic rings. The smallest absolute Gasteiger partial charge is 0.220 e. The minimum Gasteiger partial charge on any atom is -0.350 e. The summed E-state index contributed by atoms with van der Waals surface area (Å²) in [6, 6.07) is 10.1. The zero-order valence-corrected chi connectivity index (χ0v) is 15.5. The van der Waals surface area contributed by atoms with E-state index >= 15 is 0 Å². The van der Waals surface area contributed by atoms with E-state index < -0.39 is 0 Å². The molecule has 0 bridgehead atoms. The van der Waals surface area contributed by atoms with Crippen LogP contribution in [-0.4, -0.2) is 33.0 Å². The minimum atomic E-state index is 0.0295. The van der Waals surface area contributed by atoms with Gasteiger partial charge in [-0.25, -0.2) is 0 Å². The first kappa shape index (κ1) is 18.2. The van der Waals surface area contributed by atoms with Crippen molar-refractivity contribution >= 4 is 11.8 Å². The van der Waals surface area contributed by atoms with Crippen molar-refractivity contribution < 1.29 is 9.59 Å². The highest BCUT2D eigenvalue weighted by atomic mass is 16.2. The second kappa shape index (κ2) is 8.17. The Hall–Kier alpha value is -2.63. The average molecular weight is 354 g/mol. The van der Waals surface area contributed by atoms with E-state index in [1.165, 1.54) is 11.1 Å². The largest absolute Gasteiger partial charge is 0.350 e. The van der Waals surface area contributed by atoms with Crippen LogP contribution in [0.4, 0.5) is 0 Å². The lowest BCUT2D eigenvalue weighted by Crippen LogP contribution is -2.28. The quantitative estimate of drug-likeness (QED) is 0.895. The number of nitrogens with zero attached hydrogens (tertiary/aromatic N) is 3. The molecule has 0 spiro atoms. The Kier molecular flexibility index (Phi) is 5.71. The first-order valence-electron chi connectivity index (χ1n) is 9.15. The zero-order chi connectivity index (χ0) is 18.5. The molecule has 0 fully saturated rings. The molecule has 0 atom stereocenters. The second-order valence-corrected chi connectivity index (χ2v) is 6.85. The highest BCUT2D eigenvalue weighted by Gasteiger charge is 2.18. The highest BCUT2D eigenvalue weighted by Crippen LogP contribution is 2.14. The van der Waals surface area contributed by atoms with E-state index in [2.05, 4.69) is 29.5 Å². The van der Waals surface area contributed by atoms with Gasteiger partial charge in [-0.2, -0.15) is 5.10 Å². The van der Waals surface area contributed by atoms with Gasteiger partial charge >= 0.3 is 0 Å². The van der Waals surface area contributed by atoms with Crippen LogP contribution < -0.4 is 5.32 Å². The lowest BCUT2D eigenvalue weighted by atomic mass is 10.0. The predicted molar refractivity (Wildman–Crippen MR) is 99.3 cm³/mol. The second-order valence-electron chi connectivity index (χ2n) is 6.85. The van der Waals surface area contributed by atoms with Gasteiger partial charge in [0, 0.05) is 26.4 Å². The monoisotopic (exact) mass is 354 g/mol. The molecule has 1 aromatic heterocycles. The van der Waals surface area contributed by atoms with Crippen molar-refractivity contribution in [1.29, 1.82) is 0 Å². The number of aryl methyl sites for hydroxylation is 3. The molecule has 0 saturated heterocycles.